The Kier molecular flexibility index (Phi) is 1.66. The first-order valence-corrected chi connectivity index (χ1v) is 2.49. The van der Waals surface area contributed by atoms with Crippen LogP contribution in [0.25, 0.3) is 0 Å². The molecular weight excluding hydrogens is 106 g/mol. The molecule has 0 aromatic rings. The molecule has 0 saturated carbocycles. The predicted octanol–water partition coefficient (Wildman–Crippen LogP) is -0.370. The molecule has 3 nitrogen and oxygen atoms in total. The van der Waals surface area contributed by atoms with Crippen molar-refractivity contribution >= 4 is 0 Å². The number of hydrogen-bond donors (Lipinski definition) is 3. The van der Waals surface area contributed by atoms with Gasteiger partial charge in [-0.2, -0.15) is 0 Å². The normalized spacial score (nSPS) is 14.2. The van der Waals surface area contributed by atoms with Gasteiger partial charge in [0.05, 0.1) is 0 Å². The van der Waals surface area contributed by atoms with Crippen LogP contribution in [0.3, 0.4) is 0 Å². The molecule has 0 saturated heterocycles. The highest BCUT2D eigenvalue weighted by Gasteiger charge is 2.33. The SMILES string of the molecule is CC(C)(C)C(N)(O)O. The highest BCUT2D eigenvalue weighted by atomic mass is 16.5. The van der Waals surface area contributed by atoms with E-state index in [4.69, 9.17) is 15.9 Å². The molecule has 0 aliphatic carbocycles. The van der Waals surface area contributed by atoms with Crippen molar-refractivity contribution in [3.8, 4) is 0 Å². The maximum absolute atomic E-state index is 8.69. The molecule has 0 rings (SSSR count). The van der Waals surface area contributed by atoms with Crippen molar-refractivity contribution < 1.29 is 10.2 Å². The van der Waals surface area contributed by atoms with Gasteiger partial charge < -0.3 is 10.2 Å². The average molecular weight is 119 g/mol. The molecule has 0 aromatic carbocycles. The van der Waals surface area contributed by atoms with Crippen molar-refractivity contribution in [3.05, 3.63) is 0 Å². The van der Waals surface area contributed by atoms with Crippen LogP contribution in [-0.4, -0.2) is 16.1 Å². The second-order valence-corrected chi connectivity index (χ2v) is 2.98. The van der Waals surface area contributed by atoms with Crippen LogP contribution in [0, 0.1) is 5.41 Å². The molecule has 0 aliphatic heterocycles. The Bertz CT molecular complexity index is 65.4. The molecule has 0 aliphatic rings. The van der Waals surface area contributed by atoms with Gasteiger partial charge in [0.1, 0.15) is 0 Å². The number of hydrogen-bond acceptors (Lipinski definition) is 3. The topological polar surface area (TPSA) is 66.5 Å². The standard InChI is InChI=1S/C5H13NO2/c1-4(2,3)5(6,7)8/h7-8H,6H2,1-3H3. The van der Waals surface area contributed by atoms with Crippen molar-refractivity contribution in [1.82, 2.24) is 0 Å². The van der Waals surface area contributed by atoms with Crippen molar-refractivity contribution in [1.29, 1.82) is 0 Å². The fraction of sp³-hybridized carbons (Fsp3) is 1.00. The van der Waals surface area contributed by atoms with Crippen LogP contribution in [0.4, 0.5) is 0 Å². The van der Waals surface area contributed by atoms with E-state index < -0.39 is 11.3 Å². The molecule has 4 N–H and O–H groups in total. The summed E-state index contributed by atoms with van der Waals surface area (Å²) in [6, 6.07) is 0. The average Bonchev–Trinajstić information content (AvgIpc) is 1.25. The van der Waals surface area contributed by atoms with Crippen LogP contribution in [0.2, 0.25) is 0 Å². The molecule has 0 amide bonds. The molecule has 3 heteroatoms. The van der Waals surface area contributed by atoms with Gasteiger partial charge in [0.2, 0.25) is 5.91 Å². The molecule has 0 spiro atoms. The molecule has 0 heterocycles. The lowest BCUT2D eigenvalue weighted by atomic mass is 9.92. The Labute approximate surface area is 49.1 Å². The van der Waals surface area contributed by atoms with Crippen LogP contribution in [-0.2, 0) is 0 Å². The van der Waals surface area contributed by atoms with Crippen LogP contribution in [0.5, 0.6) is 0 Å². The lowest BCUT2D eigenvalue weighted by Crippen LogP contribution is -2.51. The molecule has 8 heavy (non-hydrogen) atoms. The summed E-state index contributed by atoms with van der Waals surface area (Å²) < 4.78 is 0. The van der Waals surface area contributed by atoms with Gasteiger partial charge in [0.15, 0.2) is 0 Å². The molecular formula is C5H13NO2. The van der Waals surface area contributed by atoms with E-state index >= 15 is 0 Å². The lowest BCUT2D eigenvalue weighted by molar-refractivity contribution is -0.222. The molecule has 0 unspecified atom stereocenters. The molecule has 0 aromatic heterocycles. The van der Waals surface area contributed by atoms with Gasteiger partial charge in [0.25, 0.3) is 0 Å². The smallest absolute Gasteiger partial charge is 0.224 e. The zero-order valence-corrected chi connectivity index (χ0v) is 5.47. The summed E-state index contributed by atoms with van der Waals surface area (Å²) in [4.78, 5) is 0. The summed E-state index contributed by atoms with van der Waals surface area (Å²) in [5.41, 5.74) is 4.25. The first kappa shape index (κ1) is 7.88. The van der Waals surface area contributed by atoms with Crippen LogP contribution < -0.4 is 5.73 Å². The van der Waals surface area contributed by atoms with Gasteiger partial charge >= 0.3 is 0 Å². The van der Waals surface area contributed by atoms with Crippen molar-refractivity contribution in [2.75, 3.05) is 0 Å². The molecule has 0 radical (unpaired) electrons. The first-order valence-electron chi connectivity index (χ1n) is 2.49. The van der Waals surface area contributed by atoms with Gasteiger partial charge in [-0.3, -0.25) is 5.73 Å². The highest BCUT2D eigenvalue weighted by molar-refractivity contribution is 4.72. The third kappa shape index (κ3) is 1.78. The Hall–Kier alpha value is -0.120. The summed E-state index contributed by atoms with van der Waals surface area (Å²) in [6.45, 7) is 4.94. The Morgan fingerprint density at radius 1 is 1.12 bits per heavy atom. The van der Waals surface area contributed by atoms with Gasteiger partial charge in [-0.05, 0) is 0 Å². The Balaban J connectivity index is 4.02. The van der Waals surface area contributed by atoms with E-state index in [-0.39, 0.29) is 0 Å². The largest absolute Gasteiger partial charge is 0.353 e. The second kappa shape index (κ2) is 1.69. The fourth-order valence-corrected chi connectivity index (χ4v) is 0. The van der Waals surface area contributed by atoms with Crippen molar-refractivity contribution in [3.63, 3.8) is 0 Å². The quantitative estimate of drug-likeness (QED) is 0.381. The van der Waals surface area contributed by atoms with E-state index in [1.807, 2.05) is 0 Å². The van der Waals surface area contributed by atoms with Gasteiger partial charge in [-0.25, -0.2) is 0 Å². The fourth-order valence-electron chi connectivity index (χ4n) is 0. The minimum atomic E-state index is -2.06. The van der Waals surface area contributed by atoms with Gasteiger partial charge in [0, 0.05) is 5.41 Å². The Morgan fingerprint density at radius 2 is 1.25 bits per heavy atom. The van der Waals surface area contributed by atoms with Gasteiger partial charge in [-0.15, -0.1) is 0 Å². The third-order valence-electron chi connectivity index (χ3n) is 1.10. The third-order valence-corrected chi connectivity index (χ3v) is 1.10. The molecule has 50 valence electrons. The van der Waals surface area contributed by atoms with Crippen LogP contribution in [0.15, 0.2) is 0 Å². The maximum atomic E-state index is 8.69. The number of rotatable bonds is 0. The number of nitrogens with two attached hydrogens (primary N) is 1. The zero-order chi connectivity index (χ0) is 7.00. The highest BCUT2D eigenvalue weighted by Crippen LogP contribution is 2.22. The monoisotopic (exact) mass is 119 g/mol. The zero-order valence-electron chi connectivity index (χ0n) is 5.47. The van der Waals surface area contributed by atoms with Crippen molar-refractivity contribution in [2.45, 2.75) is 26.7 Å². The minimum Gasteiger partial charge on any atom is -0.353 e. The van der Waals surface area contributed by atoms with Crippen LogP contribution >= 0.6 is 0 Å². The predicted molar refractivity (Wildman–Crippen MR) is 30.8 cm³/mol. The number of aliphatic hydroxyl groups is 2. The molecule has 0 bridgehead atoms. The minimum absolute atomic E-state index is 0.674. The van der Waals surface area contributed by atoms with E-state index in [1.165, 1.54) is 0 Å². The Morgan fingerprint density at radius 3 is 1.25 bits per heavy atom. The van der Waals surface area contributed by atoms with Crippen LogP contribution in [0.1, 0.15) is 20.8 Å². The van der Waals surface area contributed by atoms with Crippen molar-refractivity contribution in [2.24, 2.45) is 11.1 Å². The van der Waals surface area contributed by atoms with E-state index in [0.717, 1.165) is 0 Å². The van der Waals surface area contributed by atoms with E-state index in [2.05, 4.69) is 0 Å². The van der Waals surface area contributed by atoms with Gasteiger partial charge in [-0.1, -0.05) is 20.8 Å². The van der Waals surface area contributed by atoms with E-state index in [9.17, 15) is 0 Å². The lowest BCUT2D eigenvalue weighted by Gasteiger charge is -2.30. The molecule has 0 atom stereocenters. The summed E-state index contributed by atoms with van der Waals surface area (Å²) in [6.07, 6.45) is 0. The summed E-state index contributed by atoms with van der Waals surface area (Å²) >= 11 is 0. The van der Waals surface area contributed by atoms with E-state index in [0.29, 0.717) is 0 Å². The first-order chi connectivity index (χ1) is 3.25. The second-order valence-electron chi connectivity index (χ2n) is 2.98. The van der Waals surface area contributed by atoms with E-state index in [1.54, 1.807) is 20.8 Å². The maximum Gasteiger partial charge on any atom is 0.224 e. The summed E-state index contributed by atoms with van der Waals surface area (Å²) in [7, 11) is 0. The summed E-state index contributed by atoms with van der Waals surface area (Å²) in [5.74, 6) is -2.06. The molecule has 0 fully saturated rings. The summed E-state index contributed by atoms with van der Waals surface area (Å²) in [5, 5.41) is 17.4.